The molecule has 0 saturated carbocycles. The fourth-order valence-electron chi connectivity index (χ4n) is 1.73. The van der Waals surface area contributed by atoms with E-state index in [9.17, 15) is 4.79 Å². The first kappa shape index (κ1) is 13.9. The zero-order chi connectivity index (χ0) is 14.5. The van der Waals surface area contributed by atoms with Gasteiger partial charge in [0, 0.05) is 20.3 Å². The van der Waals surface area contributed by atoms with E-state index < -0.39 is 0 Å². The summed E-state index contributed by atoms with van der Waals surface area (Å²) in [6, 6.07) is 10.8. The Labute approximate surface area is 118 Å². The lowest BCUT2D eigenvalue weighted by atomic mass is 10.2. The lowest BCUT2D eigenvalue weighted by Gasteiger charge is -2.12. The predicted molar refractivity (Wildman–Crippen MR) is 79.5 cm³/mol. The van der Waals surface area contributed by atoms with Crippen LogP contribution in [0.2, 0.25) is 0 Å². The Morgan fingerprint density at radius 3 is 2.55 bits per heavy atom. The van der Waals surface area contributed by atoms with Gasteiger partial charge in [0.25, 0.3) is 5.91 Å². The highest BCUT2D eigenvalue weighted by Gasteiger charge is 2.10. The fourth-order valence-corrected chi connectivity index (χ4v) is 1.73. The zero-order valence-electron chi connectivity index (χ0n) is 11.8. The van der Waals surface area contributed by atoms with Crippen LogP contribution in [-0.4, -0.2) is 32.1 Å². The second kappa shape index (κ2) is 6.06. The Kier molecular flexibility index (Phi) is 4.20. The first-order chi connectivity index (χ1) is 9.61. The van der Waals surface area contributed by atoms with Gasteiger partial charge in [0.05, 0.1) is 18.4 Å². The van der Waals surface area contributed by atoms with Gasteiger partial charge in [-0.2, -0.15) is 0 Å². The van der Waals surface area contributed by atoms with Crippen LogP contribution in [0, 0.1) is 0 Å². The summed E-state index contributed by atoms with van der Waals surface area (Å²) in [7, 11) is 5.37. The van der Waals surface area contributed by atoms with Crippen LogP contribution in [0.5, 0.6) is 5.75 Å². The van der Waals surface area contributed by atoms with Crippen LogP contribution in [0.4, 0.5) is 11.5 Å². The number of para-hydroxylation sites is 2. The third-order valence-corrected chi connectivity index (χ3v) is 2.82. The van der Waals surface area contributed by atoms with Crippen molar-refractivity contribution in [3.63, 3.8) is 0 Å². The maximum atomic E-state index is 12.1. The minimum Gasteiger partial charge on any atom is -0.495 e. The van der Waals surface area contributed by atoms with Gasteiger partial charge in [-0.3, -0.25) is 4.79 Å². The number of carbonyl (C=O) groups is 1. The van der Waals surface area contributed by atoms with Crippen molar-refractivity contribution in [3.05, 3.63) is 48.2 Å². The number of rotatable bonds is 4. The second-order valence-electron chi connectivity index (χ2n) is 4.45. The average molecular weight is 271 g/mol. The first-order valence-corrected chi connectivity index (χ1v) is 6.19. The topological polar surface area (TPSA) is 54.5 Å². The van der Waals surface area contributed by atoms with Gasteiger partial charge in [-0.1, -0.05) is 12.1 Å². The highest BCUT2D eigenvalue weighted by Crippen LogP contribution is 2.23. The van der Waals surface area contributed by atoms with E-state index in [1.165, 1.54) is 0 Å². The standard InChI is InChI=1S/C15H17N3O2/c1-18(2)14-9-8-11(10-16-14)15(19)17-12-6-4-5-7-13(12)20-3/h4-10H,1-3H3,(H,17,19). The second-order valence-corrected chi connectivity index (χ2v) is 4.45. The maximum Gasteiger partial charge on any atom is 0.257 e. The highest BCUT2D eigenvalue weighted by molar-refractivity contribution is 6.04. The summed E-state index contributed by atoms with van der Waals surface area (Å²) in [6.07, 6.45) is 1.56. The minimum absolute atomic E-state index is 0.215. The number of hydrogen-bond acceptors (Lipinski definition) is 4. The van der Waals surface area contributed by atoms with Crippen LogP contribution in [0.1, 0.15) is 10.4 Å². The molecule has 2 rings (SSSR count). The van der Waals surface area contributed by atoms with Crippen molar-refractivity contribution in [2.24, 2.45) is 0 Å². The molecule has 0 unspecified atom stereocenters. The van der Waals surface area contributed by atoms with Crippen molar-refractivity contribution in [1.29, 1.82) is 0 Å². The van der Waals surface area contributed by atoms with Crippen molar-refractivity contribution in [1.82, 2.24) is 4.98 Å². The summed E-state index contributed by atoms with van der Waals surface area (Å²) in [4.78, 5) is 18.2. The molecular formula is C15H17N3O2. The quantitative estimate of drug-likeness (QED) is 0.927. The van der Waals surface area contributed by atoms with Gasteiger partial charge in [-0.05, 0) is 24.3 Å². The monoisotopic (exact) mass is 271 g/mol. The van der Waals surface area contributed by atoms with E-state index in [1.807, 2.05) is 31.1 Å². The SMILES string of the molecule is COc1ccccc1NC(=O)c1ccc(N(C)C)nc1. The van der Waals surface area contributed by atoms with Gasteiger partial charge in [-0.15, -0.1) is 0 Å². The lowest BCUT2D eigenvalue weighted by molar-refractivity contribution is 0.102. The molecule has 1 N–H and O–H groups in total. The molecule has 1 aromatic heterocycles. The van der Waals surface area contributed by atoms with Crippen LogP contribution in [-0.2, 0) is 0 Å². The molecule has 0 saturated heterocycles. The number of benzene rings is 1. The third kappa shape index (κ3) is 3.06. The van der Waals surface area contributed by atoms with E-state index in [2.05, 4.69) is 10.3 Å². The summed E-state index contributed by atoms with van der Waals surface area (Å²) in [5.74, 6) is 1.21. The van der Waals surface area contributed by atoms with Gasteiger partial charge in [0.1, 0.15) is 11.6 Å². The van der Waals surface area contributed by atoms with E-state index in [0.717, 1.165) is 5.82 Å². The normalized spacial score (nSPS) is 9.95. The minimum atomic E-state index is -0.215. The molecule has 0 atom stereocenters. The number of aromatic nitrogens is 1. The molecular weight excluding hydrogens is 254 g/mol. The Morgan fingerprint density at radius 2 is 1.95 bits per heavy atom. The van der Waals surface area contributed by atoms with Gasteiger partial charge < -0.3 is 15.0 Å². The van der Waals surface area contributed by atoms with Crippen molar-refractivity contribution in [3.8, 4) is 5.75 Å². The fraction of sp³-hybridized carbons (Fsp3) is 0.200. The predicted octanol–water partition coefficient (Wildman–Crippen LogP) is 2.41. The summed E-state index contributed by atoms with van der Waals surface area (Å²) < 4.78 is 5.20. The van der Waals surface area contributed by atoms with Crippen LogP contribution in [0.25, 0.3) is 0 Å². The molecule has 104 valence electrons. The third-order valence-electron chi connectivity index (χ3n) is 2.82. The molecule has 1 aromatic carbocycles. The van der Waals surface area contributed by atoms with E-state index in [1.54, 1.807) is 37.6 Å². The number of amides is 1. The van der Waals surface area contributed by atoms with Crippen LogP contribution < -0.4 is 15.0 Å². The number of carbonyl (C=O) groups excluding carboxylic acids is 1. The maximum absolute atomic E-state index is 12.1. The number of hydrogen-bond donors (Lipinski definition) is 1. The van der Waals surface area contributed by atoms with Gasteiger partial charge in [-0.25, -0.2) is 4.98 Å². The molecule has 0 spiro atoms. The Hall–Kier alpha value is -2.56. The van der Waals surface area contributed by atoms with Gasteiger partial charge in [0.15, 0.2) is 0 Å². The van der Waals surface area contributed by atoms with Gasteiger partial charge in [0.2, 0.25) is 0 Å². The molecule has 0 radical (unpaired) electrons. The first-order valence-electron chi connectivity index (χ1n) is 6.19. The number of nitrogens with zero attached hydrogens (tertiary/aromatic N) is 2. The van der Waals surface area contributed by atoms with Gasteiger partial charge >= 0.3 is 0 Å². The Bertz CT molecular complexity index is 594. The molecule has 0 aliphatic heterocycles. The van der Waals surface area contributed by atoms with E-state index in [4.69, 9.17) is 4.74 Å². The van der Waals surface area contributed by atoms with Crippen LogP contribution >= 0.6 is 0 Å². The summed E-state index contributed by atoms with van der Waals surface area (Å²) in [5, 5.41) is 2.81. The molecule has 0 aliphatic rings. The molecule has 5 heteroatoms. The molecule has 0 bridgehead atoms. The largest absolute Gasteiger partial charge is 0.495 e. The number of pyridine rings is 1. The molecule has 2 aromatic rings. The molecule has 1 amide bonds. The molecule has 5 nitrogen and oxygen atoms in total. The average Bonchev–Trinajstić information content (AvgIpc) is 2.48. The summed E-state index contributed by atoms with van der Waals surface area (Å²) >= 11 is 0. The van der Waals surface area contributed by atoms with E-state index in [-0.39, 0.29) is 5.91 Å². The molecule has 0 aliphatic carbocycles. The summed E-state index contributed by atoms with van der Waals surface area (Å²) in [5.41, 5.74) is 1.14. The van der Waals surface area contributed by atoms with Crippen molar-refractivity contribution in [2.45, 2.75) is 0 Å². The number of nitrogens with one attached hydrogen (secondary N) is 1. The molecule has 20 heavy (non-hydrogen) atoms. The smallest absolute Gasteiger partial charge is 0.257 e. The lowest BCUT2D eigenvalue weighted by Crippen LogP contribution is -2.14. The van der Waals surface area contributed by atoms with Crippen molar-refractivity contribution in [2.75, 3.05) is 31.4 Å². The molecule has 1 heterocycles. The number of ether oxygens (including phenoxy) is 1. The highest BCUT2D eigenvalue weighted by atomic mass is 16.5. The van der Waals surface area contributed by atoms with E-state index in [0.29, 0.717) is 17.0 Å². The van der Waals surface area contributed by atoms with E-state index >= 15 is 0 Å². The molecule has 0 fully saturated rings. The number of methoxy groups -OCH3 is 1. The Morgan fingerprint density at radius 1 is 1.20 bits per heavy atom. The van der Waals surface area contributed by atoms with Crippen LogP contribution in [0.3, 0.4) is 0 Å². The summed E-state index contributed by atoms with van der Waals surface area (Å²) in [6.45, 7) is 0. The Balaban J connectivity index is 2.15. The zero-order valence-corrected chi connectivity index (χ0v) is 11.8. The van der Waals surface area contributed by atoms with Crippen molar-refractivity contribution >= 4 is 17.4 Å². The van der Waals surface area contributed by atoms with Crippen molar-refractivity contribution < 1.29 is 9.53 Å². The number of anilines is 2. The van der Waals surface area contributed by atoms with Crippen LogP contribution in [0.15, 0.2) is 42.6 Å².